The van der Waals surface area contributed by atoms with Crippen LogP contribution in [0.25, 0.3) is 22.0 Å². The number of pyridine rings is 1. The van der Waals surface area contributed by atoms with Crippen LogP contribution in [0.2, 0.25) is 0 Å². The first-order chi connectivity index (χ1) is 12.2. The van der Waals surface area contributed by atoms with E-state index in [0.717, 1.165) is 36.1 Å². The van der Waals surface area contributed by atoms with Crippen LogP contribution < -0.4 is 5.32 Å². The lowest BCUT2D eigenvalue weighted by molar-refractivity contribution is 0.261. The minimum absolute atomic E-state index is 0.199. The maximum absolute atomic E-state index is 10.2. The highest BCUT2D eigenvalue weighted by Crippen LogP contribution is 2.34. The Morgan fingerprint density at radius 2 is 2.04 bits per heavy atom. The van der Waals surface area contributed by atoms with E-state index in [1.165, 1.54) is 6.42 Å². The number of likely N-dealkylation sites (N-methyl/N-ethyl adjacent to an activating group) is 1. The molecule has 4 rings (SSSR count). The van der Waals surface area contributed by atoms with Gasteiger partial charge in [0, 0.05) is 41.3 Å². The van der Waals surface area contributed by atoms with Crippen molar-refractivity contribution in [1.82, 2.24) is 20.1 Å². The molecule has 2 N–H and O–H groups in total. The number of nitrogens with one attached hydrogen (secondary N) is 1. The van der Waals surface area contributed by atoms with E-state index in [1.54, 1.807) is 18.3 Å². The molecule has 2 aromatic heterocycles. The molecule has 1 saturated heterocycles. The van der Waals surface area contributed by atoms with Gasteiger partial charge in [-0.3, -0.25) is 4.98 Å². The van der Waals surface area contributed by atoms with Gasteiger partial charge in [0.15, 0.2) is 5.82 Å². The second-order valence-corrected chi connectivity index (χ2v) is 6.58. The van der Waals surface area contributed by atoms with Crippen molar-refractivity contribution >= 4 is 16.6 Å². The van der Waals surface area contributed by atoms with Crippen LogP contribution in [0.4, 0.5) is 5.82 Å². The van der Waals surface area contributed by atoms with Crippen molar-refractivity contribution in [2.75, 3.05) is 25.5 Å². The van der Waals surface area contributed by atoms with Gasteiger partial charge >= 0.3 is 0 Å². The maximum atomic E-state index is 10.2. The number of aromatic hydroxyl groups is 1. The van der Waals surface area contributed by atoms with Crippen molar-refractivity contribution in [2.45, 2.75) is 18.9 Å². The Morgan fingerprint density at radius 1 is 1.16 bits per heavy atom. The molecule has 6 nitrogen and oxygen atoms in total. The molecule has 1 aliphatic heterocycles. The lowest BCUT2D eigenvalue weighted by Gasteiger charge is -2.30. The van der Waals surface area contributed by atoms with Crippen LogP contribution in [0, 0.1) is 0 Å². The Balaban J connectivity index is 1.76. The molecule has 0 amide bonds. The summed E-state index contributed by atoms with van der Waals surface area (Å²) >= 11 is 0. The number of para-hydroxylation sites is 1. The smallest absolute Gasteiger partial charge is 0.158 e. The number of likely N-dealkylation sites (tertiary alicyclic amines) is 1. The van der Waals surface area contributed by atoms with E-state index in [9.17, 15) is 5.11 Å². The third kappa shape index (κ3) is 3.13. The molecule has 1 atom stereocenters. The van der Waals surface area contributed by atoms with Gasteiger partial charge in [0.05, 0.1) is 0 Å². The van der Waals surface area contributed by atoms with Crippen LogP contribution in [0.3, 0.4) is 0 Å². The average molecular weight is 335 g/mol. The fraction of sp³-hybridized carbons (Fsp3) is 0.316. The van der Waals surface area contributed by atoms with E-state index >= 15 is 0 Å². The largest absolute Gasteiger partial charge is 0.507 e. The van der Waals surface area contributed by atoms with E-state index in [1.807, 2.05) is 24.4 Å². The van der Waals surface area contributed by atoms with E-state index in [-0.39, 0.29) is 5.75 Å². The lowest BCUT2D eigenvalue weighted by Crippen LogP contribution is -2.40. The lowest BCUT2D eigenvalue weighted by atomic mass is 10.0. The average Bonchev–Trinajstić information content (AvgIpc) is 2.63. The molecule has 0 radical (unpaired) electrons. The second-order valence-electron chi connectivity index (χ2n) is 6.58. The second kappa shape index (κ2) is 6.64. The topological polar surface area (TPSA) is 74.2 Å². The van der Waals surface area contributed by atoms with Crippen LogP contribution in [0.5, 0.6) is 5.75 Å². The zero-order chi connectivity index (χ0) is 17.2. The maximum Gasteiger partial charge on any atom is 0.158 e. The minimum atomic E-state index is 0.199. The van der Waals surface area contributed by atoms with Gasteiger partial charge in [0.2, 0.25) is 0 Å². The number of rotatable bonds is 3. The number of phenols is 1. The monoisotopic (exact) mass is 335 g/mol. The highest BCUT2D eigenvalue weighted by molar-refractivity contribution is 6.00. The molecule has 0 bridgehead atoms. The number of hydrogen-bond acceptors (Lipinski definition) is 6. The number of anilines is 1. The number of hydrogen-bond donors (Lipinski definition) is 2. The van der Waals surface area contributed by atoms with E-state index in [2.05, 4.69) is 32.4 Å². The molecule has 0 spiro atoms. The predicted molar refractivity (Wildman–Crippen MR) is 98.6 cm³/mol. The summed E-state index contributed by atoms with van der Waals surface area (Å²) in [7, 11) is 2.14. The molecular weight excluding hydrogens is 314 g/mol. The highest BCUT2D eigenvalue weighted by atomic mass is 16.3. The molecule has 25 heavy (non-hydrogen) atoms. The van der Waals surface area contributed by atoms with E-state index in [0.29, 0.717) is 17.3 Å². The van der Waals surface area contributed by atoms with Crippen LogP contribution in [0.15, 0.2) is 42.7 Å². The third-order valence-corrected chi connectivity index (χ3v) is 4.71. The van der Waals surface area contributed by atoms with Gasteiger partial charge in [-0.2, -0.15) is 0 Å². The number of phenolic OH excluding ortho intramolecular Hbond substituents is 1. The first-order valence-corrected chi connectivity index (χ1v) is 8.56. The summed E-state index contributed by atoms with van der Waals surface area (Å²) in [6.45, 7) is 2.13. The van der Waals surface area contributed by atoms with Gasteiger partial charge in [-0.1, -0.05) is 12.1 Å². The van der Waals surface area contributed by atoms with Gasteiger partial charge in [-0.15, -0.1) is 10.2 Å². The normalized spacial score (nSPS) is 18.4. The number of piperidine rings is 1. The molecule has 0 aliphatic carbocycles. The molecule has 3 heterocycles. The molecule has 1 aliphatic rings. The molecule has 6 heteroatoms. The number of aromatic nitrogens is 3. The summed E-state index contributed by atoms with van der Waals surface area (Å²) in [5, 5.41) is 24.4. The Bertz CT molecular complexity index is 898. The molecule has 1 aromatic carbocycles. The Kier molecular flexibility index (Phi) is 4.19. The van der Waals surface area contributed by atoms with Crippen molar-refractivity contribution < 1.29 is 5.11 Å². The van der Waals surface area contributed by atoms with Gasteiger partial charge in [0.1, 0.15) is 11.4 Å². The van der Waals surface area contributed by atoms with E-state index < -0.39 is 0 Å². The van der Waals surface area contributed by atoms with Crippen molar-refractivity contribution in [3.8, 4) is 17.0 Å². The first kappa shape index (κ1) is 15.8. The third-order valence-electron chi connectivity index (χ3n) is 4.71. The van der Waals surface area contributed by atoms with E-state index in [4.69, 9.17) is 0 Å². The van der Waals surface area contributed by atoms with Gasteiger partial charge in [-0.05, 0) is 44.6 Å². The summed E-state index contributed by atoms with van der Waals surface area (Å²) in [6, 6.07) is 9.46. The van der Waals surface area contributed by atoms with Gasteiger partial charge in [0.25, 0.3) is 0 Å². The fourth-order valence-electron chi connectivity index (χ4n) is 3.45. The van der Waals surface area contributed by atoms with Crippen LogP contribution in [-0.4, -0.2) is 51.4 Å². The summed E-state index contributed by atoms with van der Waals surface area (Å²) < 4.78 is 0. The zero-order valence-corrected chi connectivity index (χ0v) is 14.2. The van der Waals surface area contributed by atoms with Crippen LogP contribution in [-0.2, 0) is 0 Å². The number of fused-ring (bicyclic) bond motifs is 1. The van der Waals surface area contributed by atoms with Crippen LogP contribution in [0.1, 0.15) is 12.8 Å². The predicted octanol–water partition coefficient (Wildman–Crippen LogP) is 2.90. The SMILES string of the molecule is CN1CCC[C@@H](Nc2nnc(-c3ccccc3O)c3ccncc23)C1. The first-order valence-electron chi connectivity index (χ1n) is 8.56. The summed E-state index contributed by atoms with van der Waals surface area (Å²) in [6.07, 6.45) is 5.84. The molecule has 3 aromatic rings. The fourth-order valence-corrected chi connectivity index (χ4v) is 3.45. The van der Waals surface area contributed by atoms with Crippen molar-refractivity contribution in [2.24, 2.45) is 0 Å². The Labute approximate surface area is 146 Å². The van der Waals surface area contributed by atoms with Crippen molar-refractivity contribution in [3.05, 3.63) is 42.7 Å². The zero-order valence-electron chi connectivity index (χ0n) is 14.2. The summed E-state index contributed by atoms with van der Waals surface area (Å²) in [5.74, 6) is 0.951. The Hall–Kier alpha value is -2.73. The molecule has 0 unspecified atom stereocenters. The highest BCUT2D eigenvalue weighted by Gasteiger charge is 2.20. The molecule has 1 fully saturated rings. The van der Waals surface area contributed by atoms with Crippen molar-refractivity contribution in [3.63, 3.8) is 0 Å². The quantitative estimate of drug-likeness (QED) is 0.767. The number of benzene rings is 1. The minimum Gasteiger partial charge on any atom is -0.507 e. The molecule has 128 valence electrons. The molecular formula is C19H21N5O. The van der Waals surface area contributed by atoms with Gasteiger partial charge < -0.3 is 15.3 Å². The number of nitrogens with zero attached hydrogens (tertiary/aromatic N) is 4. The summed E-state index contributed by atoms with van der Waals surface area (Å²) in [4.78, 5) is 6.58. The molecule has 0 saturated carbocycles. The standard InChI is InChI=1S/C19H21N5O/c1-24-10-4-5-13(12-24)21-19-16-11-20-9-8-14(16)18(22-23-19)15-6-2-3-7-17(15)25/h2-3,6-9,11,13,25H,4-5,10,12H2,1H3,(H,21,23)/t13-/m1/s1. The Morgan fingerprint density at radius 3 is 2.88 bits per heavy atom. The summed E-state index contributed by atoms with van der Waals surface area (Å²) in [5.41, 5.74) is 1.34. The van der Waals surface area contributed by atoms with Gasteiger partial charge in [-0.25, -0.2) is 0 Å². The van der Waals surface area contributed by atoms with Crippen molar-refractivity contribution in [1.29, 1.82) is 0 Å². The van der Waals surface area contributed by atoms with Crippen LogP contribution >= 0.6 is 0 Å².